The van der Waals surface area contributed by atoms with Gasteiger partial charge < -0.3 is 14.2 Å². The standard InChI is InChI=1S/C17H16Cl2O4/c1-2-21-17(20)11-23-16-5-3-15(4-6-16)22-10-12-7-13(18)9-14(19)8-12/h3-9H,2,10-11H2,1H3. The number of rotatable bonds is 7. The molecule has 0 fully saturated rings. The Morgan fingerprint density at radius 2 is 1.52 bits per heavy atom. The quantitative estimate of drug-likeness (QED) is 0.686. The maximum Gasteiger partial charge on any atom is 0.344 e. The molecule has 4 nitrogen and oxygen atoms in total. The molecule has 0 spiro atoms. The molecular formula is C17H16Cl2O4. The zero-order chi connectivity index (χ0) is 16.7. The number of esters is 1. The van der Waals surface area contributed by atoms with Crippen LogP contribution < -0.4 is 9.47 Å². The molecule has 0 heterocycles. The van der Waals surface area contributed by atoms with Crippen molar-refractivity contribution in [1.29, 1.82) is 0 Å². The molecule has 6 heteroatoms. The molecule has 0 saturated heterocycles. The lowest BCUT2D eigenvalue weighted by atomic mass is 10.2. The van der Waals surface area contributed by atoms with Crippen LogP contribution in [0.2, 0.25) is 10.0 Å². The van der Waals surface area contributed by atoms with E-state index in [1.54, 1.807) is 49.4 Å². The van der Waals surface area contributed by atoms with Gasteiger partial charge in [0.2, 0.25) is 0 Å². The van der Waals surface area contributed by atoms with Gasteiger partial charge in [0, 0.05) is 10.0 Å². The molecular weight excluding hydrogens is 339 g/mol. The molecule has 0 aliphatic carbocycles. The lowest BCUT2D eigenvalue weighted by Crippen LogP contribution is -2.14. The predicted molar refractivity (Wildman–Crippen MR) is 89.4 cm³/mol. The van der Waals surface area contributed by atoms with Gasteiger partial charge >= 0.3 is 5.97 Å². The molecule has 0 unspecified atom stereocenters. The minimum Gasteiger partial charge on any atom is -0.489 e. The van der Waals surface area contributed by atoms with Crippen LogP contribution in [0.15, 0.2) is 42.5 Å². The van der Waals surface area contributed by atoms with Crippen LogP contribution in [-0.2, 0) is 16.1 Å². The summed E-state index contributed by atoms with van der Waals surface area (Å²) >= 11 is 11.9. The molecule has 0 radical (unpaired) electrons. The van der Waals surface area contributed by atoms with Crippen LogP contribution in [0.3, 0.4) is 0 Å². The van der Waals surface area contributed by atoms with Gasteiger partial charge in [-0.3, -0.25) is 0 Å². The molecule has 2 aromatic rings. The first-order valence-electron chi connectivity index (χ1n) is 7.03. The minimum atomic E-state index is -0.398. The Balaban J connectivity index is 1.86. The van der Waals surface area contributed by atoms with E-state index in [1.807, 2.05) is 0 Å². The predicted octanol–water partition coefficient (Wildman–Crippen LogP) is 4.51. The van der Waals surface area contributed by atoms with Gasteiger partial charge in [-0.05, 0) is 55.0 Å². The topological polar surface area (TPSA) is 44.8 Å². The number of carbonyl (C=O) groups is 1. The maximum atomic E-state index is 11.2. The Kier molecular flexibility index (Phi) is 6.56. The zero-order valence-corrected chi connectivity index (χ0v) is 14.1. The van der Waals surface area contributed by atoms with Gasteiger partial charge in [0.05, 0.1) is 6.61 Å². The second kappa shape index (κ2) is 8.65. The van der Waals surface area contributed by atoms with Crippen LogP contribution in [0.4, 0.5) is 0 Å². The molecule has 0 aliphatic rings. The molecule has 2 aromatic carbocycles. The third-order valence-corrected chi connectivity index (χ3v) is 3.25. The first-order chi connectivity index (χ1) is 11.1. The SMILES string of the molecule is CCOC(=O)COc1ccc(OCc2cc(Cl)cc(Cl)c2)cc1. The summed E-state index contributed by atoms with van der Waals surface area (Å²) in [4.78, 5) is 11.2. The summed E-state index contributed by atoms with van der Waals surface area (Å²) in [6.45, 7) is 2.32. The largest absolute Gasteiger partial charge is 0.489 e. The number of ether oxygens (including phenoxy) is 3. The van der Waals surface area contributed by atoms with Gasteiger partial charge in [0.1, 0.15) is 18.1 Å². The fourth-order valence-corrected chi connectivity index (χ4v) is 2.41. The highest BCUT2D eigenvalue weighted by atomic mass is 35.5. The molecule has 0 N–H and O–H groups in total. The Bertz CT molecular complexity index is 636. The Morgan fingerprint density at radius 3 is 2.09 bits per heavy atom. The van der Waals surface area contributed by atoms with Gasteiger partial charge in [0.25, 0.3) is 0 Å². The van der Waals surface area contributed by atoms with E-state index in [0.717, 1.165) is 5.56 Å². The fraction of sp³-hybridized carbons (Fsp3) is 0.235. The molecule has 0 aromatic heterocycles. The van der Waals surface area contributed by atoms with Crippen LogP contribution in [0.1, 0.15) is 12.5 Å². The summed E-state index contributed by atoms with van der Waals surface area (Å²) in [5, 5.41) is 1.14. The van der Waals surface area contributed by atoms with Crippen molar-refractivity contribution in [2.24, 2.45) is 0 Å². The Morgan fingerprint density at radius 1 is 0.957 bits per heavy atom. The van der Waals surface area contributed by atoms with Crippen molar-refractivity contribution < 1.29 is 19.0 Å². The van der Waals surface area contributed by atoms with Crippen molar-refractivity contribution in [3.63, 3.8) is 0 Å². The minimum absolute atomic E-state index is 0.116. The fourth-order valence-electron chi connectivity index (χ4n) is 1.84. The average Bonchev–Trinajstić information content (AvgIpc) is 2.51. The molecule has 0 amide bonds. The second-order valence-corrected chi connectivity index (χ2v) is 5.50. The van der Waals surface area contributed by atoms with E-state index in [1.165, 1.54) is 0 Å². The lowest BCUT2D eigenvalue weighted by molar-refractivity contribution is -0.145. The summed E-state index contributed by atoms with van der Waals surface area (Å²) in [5.74, 6) is 0.839. The molecule has 122 valence electrons. The monoisotopic (exact) mass is 354 g/mol. The average molecular weight is 355 g/mol. The third-order valence-electron chi connectivity index (χ3n) is 2.81. The van der Waals surface area contributed by atoms with Gasteiger partial charge in [-0.15, -0.1) is 0 Å². The van der Waals surface area contributed by atoms with Crippen LogP contribution in [0.5, 0.6) is 11.5 Å². The lowest BCUT2D eigenvalue weighted by Gasteiger charge is -2.09. The van der Waals surface area contributed by atoms with E-state index in [4.69, 9.17) is 37.4 Å². The summed E-state index contributed by atoms with van der Waals surface area (Å²) < 4.78 is 15.7. The molecule has 0 aliphatic heterocycles. The summed E-state index contributed by atoms with van der Waals surface area (Å²) in [6, 6.07) is 12.2. The molecule has 0 bridgehead atoms. The van der Waals surface area contributed by atoms with Crippen LogP contribution in [0, 0.1) is 0 Å². The van der Waals surface area contributed by atoms with Crippen molar-refractivity contribution >= 4 is 29.2 Å². The molecule has 2 rings (SSSR count). The van der Waals surface area contributed by atoms with E-state index >= 15 is 0 Å². The number of benzene rings is 2. The molecule has 23 heavy (non-hydrogen) atoms. The van der Waals surface area contributed by atoms with E-state index in [0.29, 0.717) is 34.8 Å². The number of carbonyl (C=O) groups excluding carboxylic acids is 1. The highest BCUT2D eigenvalue weighted by Crippen LogP contribution is 2.22. The smallest absolute Gasteiger partial charge is 0.344 e. The number of hydrogen-bond acceptors (Lipinski definition) is 4. The summed E-state index contributed by atoms with van der Waals surface area (Å²) in [5.41, 5.74) is 0.880. The third kappa shape index (κ3) is 6.00. The number of halogens is 2. The van der Waals surface area contributed by atoms with Gasteiger partial charge in [-0.25, -0.2) is 4.79 Å². The highest BCUT2D eigenvalue weighted by Gasteiger charge is 2.04. The molecule has 0 atom stereocenters. The highest BCUT2D eigenvalue weighted by molar-refractivity contribution is 6.34. The summed E-state index contributed by atoms with van der Waals surface area (Å²) in [7, 11) is 0. The Hall–Kier alpha value is -1.91. The maximum absolute atomic E-state index is 11.2. The van der Waals surface area contributed by atoms with Crippen molar-refractivity contribution in [2.45, 2.75) is 13.5 Å². The Labute approximate surface area is 144 Å². The van der Waals surface area contributed by atoms with E-state index in [-0.39, 0.29) is 6.61 Å². The summed E-state index contributed by atoms with van der Waals surface area (Å²) in [6.07, 6.45) is 0. The number of hydrogen-bond donors (Lipinski definition) is 0. The van der Waals surface area contributed by atoms with Crippen molar-refractivity contribution in [3.05, 3.63) is 58.1 Å². The first-order valence-corrected chi connectivity index (χ1v) is 7.78. The molecule has 0 saturated carbocycles. The van der Waals surface area contributed by atoms with Crippen molar-refractivity contribution in [3.8, 4) is 11.5 Å². The second-order valence-electron chi connectivity index (χ2n) is 4.63. The van der Waals surface area contributed by atoms with Gasteiger partial charge in [-0.1, -0.05) is 23.2 Å². The van der Waals surface area contributed by atoms with E-state index in [9.17, 15) is 4.79 Å². The van der Waals surface area contributed by atoms with Crippen molar-refractivity contribution in [2.75, 3.05) is 13.2 Å². The van der Waals surface area contributed by atoms with Crippen LogP contribution in [0.25, 0.3) is 0 Å². The zero-order valence-electron chi connectivity index (χ0n) is 12.6. The van der Waals surface area contributed by atoms with E-state index < -0.39 is 5.97 Å². The van der Waals surface area contributed by atoms with Gasteiger partial charge in [0.15, 0.2) is 6.61 Å². The van der Waals surface area contributed by atoms with Crippen LogP contribution >= 0.6 is 23.2 Å². The van der Waals surface area contributed by atoms with E-state index in [2.05, 4.69) is 0 Å². The van der Waals surface area contributed by atoms with Crippen LogP contribution in [-0.4, -0.2) is 19.2 Å². The van der Waals surface area contributed by atoms with Gasteiger partial charge in [-0.2, -0.15) is 0 Å². The van der Waals surface area contributed by atoms with Crippen molar-refractivity contribution in [1.82, 2.24) is 0 Å². The first kappa shape index (κ1) is 17.4. The normalized spacial score (nSPS) is 10.2.